The predicted octanol–water partition coefficient (Wildman–Crippen LogP) is 2.98. The number of carbonyl (C=O) groups is 2. The van der Waals surface area contributed by atoms with Crippen molar-refractivity contribution in [2.75, 3.05) is 10.6 Å². The van der Waals surface area contributed by atoms with E-state index in [4.69, 9.17) is 0 Å². The molecule has 3 rings (SSSR count). The third kappa shape index (κ3) is 4.79. The average molecular weight is 382 g/mol. The minimum absolute atomic E-state index is 0.00603. The average Bonchev–Trinajstić information content (AvgIpc) is 2.64. The Balaban J connectivity index is 1.59. The van der Waals surface area contributed by atoms with Crippen LogP contribution in [0.5, 0.6) is 0 Å². The van der Waals surface area contributed by atoms with Crippen molar-refractivity contribution < 1.29 is 14.0 Å². The van der Waals surface area contributed by atoms with Crippen molar-refractivity contribution in [2.45, 2.75) is 26.2 Å². The molecule has 28 heavy (non-hydrogen) atoms. The fourth-order valence-corrected chi connectivity index (χ4v) is 2.78. The molecule has 0 bridgehead atoms. The van der Waals surface area contributed by atoms with E-state index in [0.717, 1.165) is 0 Å². The number of benzene rings is 2. The standard InChI is InChI=1S/C20H19FN4O3/c1-12(26)22-13-9-10-15(21)17(11-13)24-19(27)8-4-7-18-23-16-6-3-2-5-14(16)20(28)25-18/h2-3,5-6,9-11H,4,7-8H2,1H3,(H,22,26)(H,24,27)(H,23,25,28). The van der Waals surface area contributed by atoms with E-state index in [9.17, 15) is 18.8 Å². The molecule has 0 unspecified atom stereocenters. The van der Waals surface area contributed by atoms with Crippen molar-refractivity contribution in [1.82, 2.24) is 9.97 Å². The maximum atomic E-state index is 13.9. The summed E-state index contributed by atoms with van der Waals surface area (Å²) in [4.78, 5) is 42.3. The highest BCUT2D eigenvalue weighted by atomic mass is 19.1. The number of hydrogen-bond acceptors (Lipinski definition) is 4. The Bertz CT molecular complexity index is 1090. The van der Waals surface area contributed by atoms with Gasteiger partial charge in [0.15, 0.2) is 0 Å². The summed E-state index contributed by atoms with van der Waals surface area (Å²) in [5.74, 6) is -0.763. The molecule has 1 aromatic heterocycles. The van der Waals surface area contributed by atoms with E-state index in [1.54, 1.807) is 24.3 Å². The number of nitrogens with one attached hydrogen (secondary N) is 3. The van der Waals surface area contributed by atoms with Gasteiger partial charge in [0.1, 0.15) is 11.6 Å². The molecule has 0 spiro atoms. The van der Waals surface area contributed by atoms with Crippen LogP contribution < -0.4 is 16.2 Å². The zero-order chi connectivity index (χ0) is 20.1. The molecule has 0 saturated carbocycles. The van der Waals surface area contributed by atoms with Gasteiger partial charge in [-0.25, -0.2) is 9.37 Å². The molecule has 0 fully saturated rings. The maximum absolute atomic E-state index is 13.9. The lowest BCUT2D eigenvalue weighted by Gasteiger charge is -2.09. The van der Waals surface area contributed by atoms with Crippen LogP contribution in [0.3, 0.4) is 0 Å². The smallest absolute Gasteiger partial charge is 0.258 e. The molecule has 0 atom stereocenters. The topological polar surface area (TPSA) is 104 Å². The third-order valence-electron chi connectivity index (χ3n) is 4.04. The maximum Gasteiger partial charge on any atom is 0.258 e. The van der Waals surface area contributed by atoms with Crippen LogP contribution in [-0.2, 0) is 16.0 Å². The van der Waals surface area contributed by atoms with Gasteiger partial charge in [0.05, 0.1) is 16.6 Å². The fourth-order valence-electron chi connectivity index (χ4n) is 2.78. The van der Waals surface area contributed by atoms with Gasteiger partial charge in [0.2, 0.25) is 11.8 Å². The highest BCUT2D eigenvalue weighted by molar-refractivity contribution is 5.93. The first-order valence-corrected chi connectivity index (χ1v) is 8.77. The molecule has 0 saturated heterocycles. The second-order valence-electron chi connectivity index (χ2n) is 6.31. The van der Waals surface area contributed by atoms with Crippen LogP contribution in [0.2, 0.25) is 0 Å². The summed E-state index contributed by atoms with van der Waals surface area (Å²) >= 11 is 0. The molecule has 0 aliphatic rings. The lowest BCUT2D eigenvalue weighted by atomic mass is 10.2. The predicted molar refractivity (Wildman–Crippen MR) is 105 cm³/mol. The Morgan fingerprint density at radius 2 is 1.93 bits per heavy atom. The molecule has 3 N–H and O–H groups in total. The van der Waals surface area contributed by atoms with Gasteiger partial charge in [0.25, 0.3) is 5.56 Å². The van der Waals surface area contributed by atoms with Gasteiger partial charge in [-0.2, -0.15) is 0 Å². The first kappa shape index (κ1) is 19.2. The highest BCUT2D eigenvalue weighted by Crippen LogP contribution is 2.20. The Morgan fingerprint density at radius 1 is 1.14 bits per heavy atom. The summed E-state index contributed by atoms with van der Waals surface area (Å²) in [6.07, 6.45) is 0.961. The summed E-state index contributed by atoms with van der Waals surface area (Å²) in [5, 5.41) is 5.54. The Hall–Kier alpha value is -3.55. The van der Waals surface area contributed by atoms with Crippen molar-refractivity contribution >= 4 is 34.1 Å². The number of aromatic nitrogens is 2. The summed E-state index contributed by atoms with van der Waals surface area (Å²) in [5.41, 5.74) is 0.764. The van der Waals surface area contributed by atoms with Gasteiger partial charge < -0.3 is 15.6 Å². The molecule has 0 aliphatic carbocycles. The number of rotatable bonds is 6. The van der Waals surface area contributed by atoms with Crippen LogP contribution in [0.4, 0.5) is 15.8 Å². The van der Waals surface area contributed by atoms with Gasteiger partial charge in [-0.1, -0.05) is 12.1 Å². The van der Waals surface area contributed by atoms with Crippen LogP contribution >= 0.6 is 0 Å². The zero-order valence-corrected chi connectivity index (χ0v) is 15.2. The van der Waals surface area contributed by atoms with Gasteiger partial charge in [-0.3, -0.25) is 14.4 Å². The molecule has 2 amide bonds. The molecule has 1 heterocycles. The monoisotopic (exact) mass is 382 g/mol. The van der Waals surface area contributed by atoms with Gasteiger partial charge in [-0.15, -0.1) is 0 Å². The molecule has 7 nitrogen and oxygen atoms in total. The molecule has 0 aliphatic heterocycles. The number of hydrogen-bond donors (Lipinski definition) is 3. The van der Waals surface area contributed by atoms with Crippen molar-refractivity contribution in [3.63, 3.8) is 0 Å². The fraction of sp³-hybridized carbons (Fsp3) is 0.200. The summed E-state index contributed by atoms with van der Waals surface area (Å²) in [7, 11) is 0. The van der Waals surface area contributed by atoms with E-state index in [1.807, 2.05) is 0 Å². The number of carbonyl (C=O) groups excluding carboxylic acids is 2. The van der Waals surface area contributed by atoms with Crippen LogP contribution in [0.15, 0.2) is 47.3 Å². The summed E-state index contributed by atoms with van der Waals surface area (Å²) < 4.78 is 13.9. The van der Waals surface area contributed by atoms with Crippen LogP contribution in [0.1, 0.15) is 25.6 Å². The number of amides is 2. The molecular formula is C20H19FN4O3. The van der Waals surface area contributed by atoms with Crippen LogP contribution in [0, 0.1) is 5.82 Å². The number of aryl methyl sites for hydroxylation is 1. The third-order valence-corrected chi connectivity index (χ3v) is 4.04. The normalized spacial score (nSPS) is 10.6. The van der Waals surface area contributed by atoms with E-state index < -0.39 is 5.82 Å². The molecule has 8 heteroatoms. The van der Waals surface area contributed by atoms with Crippen LogP contribution in [0.25, 0.3) is 10.9 Å². The number of H-pyrrole nitrogens is 1. The quantitative estimate of drug-likeness (QED) is 0.610. The summed E-state index contributed by atoms with van der Waals surface area (Å²) in [6, 6.07) is 11.0. The lowest BCUT2D eigenvalue weighted by molar-refractivity contribution is -0.116. The van der Waals surface area contributed by atoms with E-state index in [0.29, 0.717) is 35.3 Å². The SMILES string of the molecule is CC(=O)Nc1ccc(F)c(NC(=O)CCCc2nc3ccccc3c(=O)[nH]2)c1. The Labute approximate surface area is 160 Å². The molecule has 0 radical (unpaired) electrons. The highest BCUT2D eigenvalue weighted by Gasteiger charge is 2.10. The van der Waals surface area contributed by atoms with Gasteiger partial charge >= 0.3 is 0 Å². The number of fused-ring (bicyclic) bond motifs is 1. The number of halogens is 1. The van der Waals surface area contributed by atoms with E-state index in [1.165, 1.54) is 25.1 Å². The number of para-hydroxylation sites is 1. The van der Waals surface area contributed by atoms with Crippen molar-refractivity contribution in [2.24, 2.45) is 0 Å². The Morgan fingerprint density at radius 3 is 2.71 bits per heavy atom. The summed E-state index contributed by atoms with van der Waals surface area (Å²) in [6.45, 7) is 1.34. The molecule has 3 aromatic rings. The van der Waals surface area contributed by atoms with Gasteiger partial charge in [-0.05, 0) is 36.8 Å². The van der Waals surface area contributed by atoms with Crippen molar-refractivity contribution in [1.29, 1.82) is 0 Å². The second kappa shape index (κ2) is 8.43. The zero-order valence-electron chi connectivity index (χ0n) is 15.2. The lowest BCUT2D eigenvalue weighted by Crippen LogP contribution is -2.15. The minimum Gasteiger partial charge on any atom is -0.326 e. The van der Waals surface area contributed by atoms with Crippen molar-refractivity contribution in [3.8, 4) is 0 Å². The first-order valence-electron chi connectivity index (χ1n) is 8.77. The number of aromatic amines is 1. The number of anilines is 2. The second-order valence-corrected chi connectivity index (χ2v) is 6.31. The van der Waals surface area contributed by atoms with Gasteiger partial charge in [0, 0.05) is 25.5 Å². The molecular weight excluding hydrogens is 363 g/mol. The van der Waals surface area contributed by atoms with E-state index in [2.05, 4.69) is 20.6 Å². The van der Waals surface area contributed by atoms with E-state index >= 15 is 0 Å². The largest absolute Gasteiger partial charge is 0.326 e. The number of nitrogens with zero attached hydrogens (tertiary/aromatic N) is 1. The Kier molecular flexibility index (Phi) is 5.78. The molecule has 144 valence electrons. The molecule has 2 aromatic carbocycles. The van der Waals surface area contributed by atoms with Crippen molar-refractivity contribution in [3.05, 3.63) is 64.5 Å². The first-order chi connectivity index (χ1) is 13.4. The minimum atomic E-state index is -0.594. The van der Waals surface area contributed by atoms with Crippen LogP contribution in [-0.4, -0.2) is 21.8 Å². The van der Waals surface area contributed by atoms with E-state index in [-0.39, 0.29) is 29.5 Å².